The van der Waals surface area contributed by atoms with Gasteiger partial charge in [-0.1, -0.05) is 30.3 Å². The smallest absolute Gasteiger partial charge is 0.326 e. The maximum atomic E-state index is 13.1. The minimum atomic E-state index is -1.23. The van der Waals surface area contributed by atoms with Gasteiger partial charge in [-0.2, -0.15) is 0 Å². The van der Waals surface area contributed by atoms with E-state index in [0.29, 0.717) is 25.1 Å². The highest BCUT2D eigenvalue weighted by molar-refractivity contribution is 5.93. The standard InChI is InChI=1S/C23H33N7O5/c24-9-5-4-8-17(21(32)30-19(23(34)35)11-16-13-26-14-27-16)29-22(33)18(28-20(31)12-25)10-15-6-2-1-3-7-15/h1-3,6-7,13-14,17-19H,4-5,8-12,24-25H2,(H,26,27)(H,28,31)(H,29,33)(H,30,32)(H,34,35). The third-order valence-electron chi connectivity index (χ3n) is 5.29. The van der Waals surface area contributed by atoms with E-state index in [1.165, 1.54) is 12.5 Å². The van der Waals surface area contributed by atoms with Crippen molar-refractivity contribution in [1.29, 1.82) is 0 Å². The second kappa shape index (κ2) is 14.5. The molecule has 0 bridgehead atoms. The molecule has 35 heavy (non-hydrogen) atoms. The van der Waals surface area contributed by atoms with Crippen LogP contribution in [0.5, 0.6) is 0 Å². The molecule has 2 aromatic rings. The van der Waals surface area contributed by atoms with Crippen molar-refractivity contribution in [3.8, 4) is 0 Å². The van der Waals surface area contributed by atoms with Crippen LogP contribution in [0.25, 0.3) is 0 Å². The second-order valence-electron chi connectivity index (χ2n) is 8.04. The SMILES string of the molecule is NCCCCC(NC(=O)C(Cc1ccccc1)NC(=O)CN)C(=O)NC(Cc1cnc[nH]1)C(=O)O. The van der Waals surface area contributed by atoms with E-state index < -0.39 is 41.8 Å². The zero-order valence-electron chi connectivity index (χ0n) is 19.4. The van der Waals surface area contributed by atoms with Gasteiger partial charge in [0.05, 0.1) is 12.9 Å². The molecule has 9 N–H and O–H groups in total. The number of H-pyrrole nitrogens is 1. The summed E-state index contributed by atoms with van der Waals surface area (Å²) in [4.78, 5) is 56.5. The van der Waals surface area contributed by atoms with E-state index >= 15 is 0 Å². The molecule has 12 nitrogen and oxygen atoms in total. The van der Waals surface area contributed by atoms with Crippen molar-refractivity contribution in [2.24, 2.45) is 11.5 Å². The highest BCUT2D eigenvalue weighted by Crippen LogP contribution is 2.07. The number of hydrogen-bond donors (Lipinski definition) is 7. The number of hydrogen-bond acceptors (Lipinski definition) is 7. The van der Waals surface area contributed by atoms with Gasteiger partial charge in [0.1, 0.15) is 18.1 Å². The maximum Gasteiger partial charge on any atom is 0.326 e. The van der Waals surface area contributed by atoms with Crippen LogP contribution >= 0.6 is 0 Å². The number of aromatic amines is 1. The molecule has 0 saturated carbocycles. The van der Waals surface area contributed by atoms with Crippen molar-refractivity contribution in [3.05, 3.63) is 54.1 Å². The van der Waals surface area contributed by atoms with Crippen LogP contribution in [0.3, 0.4) is 0 Å². The quantitative estimate of drug-likeness (QED) is 0.152. The van der Waals surface area contributed by atoms with Crippen LogP contribution in [0.4, 0.5) is 0 Å². The fourth-order valence-electron chi connectivity index (χ4n) is 3.43. The molecule has 0 aliphatic carbocycles. The van der Waals surface area contributed by atoms with Crippen molar-refractivity contribution in [2.75, 3.05) is 13.1 Å². The number of nitrogens with zero attached hydrogens (tertiary/aromatic N) is 1. The van der Waals surface area contributed by atoms with Gasteiger partial charge in [-0.25, -0.2) is 9.78 Å². The summed E-state index contributed by atoms with van der Waals surface area (Å²) < 4.78 is 0. The molecule has 190 valence electrons. The predicted molar refractivity (Wildman–Crippen MR) is 128 cm³/mol. The number of carboxylic acids is 1. The zero-order valence-corrected chi connectivity index (χ0v) is 19.4. The van der Waals surface area contributed by atoms with E-state index in [1.807, 2.05) is 30.3 Å². The molecule has 2 rings (SSSR count). The highest BCUT2D eigenvalue weighted by atomic mass is 16.4. The van der Waals surface area contributed by atoms with Crippen molar-refractivity contribution >= 4 is 23.7 Å². The van der Waals surface area contributed by atoms with Crippen molar-refractivity contribution in [2.45, 2.75) is 50.2 Å². The lowest BCUT2D eigenvalue weighted by Gasteiger charge is -2.24. The largest absolute Gasteiger partial charge is 0.480 e. The average molecular weight is 488 g/mol. The van der Waals surface area contributed by atoms with Crippen LogP contribution in [0.2, 0.25) is 0 Å². The Bertz CT molecular complexity index is 952. The number of imidazole rings is 1. The fourth-order valence-corrected chi connectivity index (χ4v) is 3.43. The van der Waals surface area contributed by atoms with Gasteiger partial charge in [-0.05, 0) is 31.4 Å². The maximum absolute atomic E-state index is 13.1. The summed E-state index contributed by atoms with van der Waals surface area (Å²) in [5, 5.41) is 17.3. The lowest BCUT2D eigenvalue weighted by atomic mass is 10.0. The molecular weight excluding hydrogens is 454 g/mol. The van der Waals surface area contributed by atoms with E-state index in [4.69, 9.17) is 11.5 Å². The first kappa shape index (κ1) is 27.5. The van der Waals surface area contributed by atoms with Crippen molar-refractivity contribution in [3.63, 3.8) is 0 Å². The monoisotopic (exact) mass is 487 g/mol. The van der Waals surface area contributed by atoms with E-state index in [9.17, 15) is 24.3 Å². The molecule has 12 heteroatoms. The van der Waals surface area contributed by atoms with Crippen molar-refractivity contribution < 1.29 is 24.3 Å². The zero-order chi connectivity index (χ0) is 25.6. The van der Waals surface area contributed by atoms with Crippen LogP contribution in [0.15, 0.2) is 42.9 Å². The minimum absolute atomic E-state index is 0.00622. The lowest BCUT2D eigenvalue weighted by molar-refractivity contribution is -0.142. The molecule has 0 aliphatic rings. The normalized spacial score (nSPS) is 13.3. The van der Waals surface area contributed by atoms with Gasteiger partial charge in [-0.15, -0.1) is 0 Å². The van der Waals surface area contributed by atoms with Crippen LogP contribution < -0.4 is 27.4 Å². The Morgan fingerprint density at radius 3 is 2.20 bits per heavy atom. The number of amides is 3. The summed E-state index contributed by atoms with van der Waals surface area (Å²) in [6.07, 6.45) is 4.46. The number of rotatable bonds is 15. The molecule has 0 aliphatic heterocycles. The van der Waals surface area contributed by atoms with Crippen LogP contribution in [0, 0.1) is 0 Å². The molecule has 0 radical (unpaired) electrons. The molecule has 0 saturated heterocycles. The predicted octanol–water partition coefficient (Wildman–Crippen LogP) is -1.18. The van der Waals surface area contributed by atoms with Gasteiger partial charge in [0, 0.05) is 24.7 Å². The Morgan fingerprint density at radius 2 is 1.60 bits per heavy atom. The summed E-state index contributed by atoms with van der Waals surface area (Å²) >= 11 is 0. The van der Waals surface area contributed by atoms with Gasteiger partial charge in [0.25, 0.3) is 0 Å². The van der Waals surface area contributed by atoms with Gasteiger partial charge < -0.3 is 37.5 Å². The van der Waals surface area contributed by atoms with E-state index in [2.05, 4.69) is 25.9 Å². The molecule has 3 amide bonds. The first-order valence-electron chi connectivity index (χ1n) is 11.4. The van der Waals surface area contributed by atoms with E-state index in [0.717, 1.165) is 5.56 Å². The lowest BCUT2D eigenvalue weighted by Crippen LogP contribution is -2.57. The van der Waals surface area contributed by atoms with Gasteiger partial charge >= 0.3 is 5.97 Å². The topological polar surface area (TPSA) is 205 Å². The summed E-state index contributed by atoms with van der Waals surface area (Å²) in [6.45, 7) is 0.107. The Morgan fingerprint density at radius 1 is 0.914 bits per heavy atom. The second-order valence-corrected chi connectivity index (χ2v) is 8.04. The van der Waals surface area contributed by atoms with Gasteiger partial charge in [0.15, 0.2) is 0 Å². The molecule has 1 aromatic heterocycles. The average Bonchev–Trinajstić information content (AvgIpc) is 3.36. The third kappa shape index (κ3) is 9.55. The Hall–Kier alpha value is -3.77. The first-order valence-corrected chi connectivity index (χ1v) is 11.4. The number of nitrogens with two attached hydrogens (primary N) is 2. The summed E-state index contributed by atoms with van der Waals surface area (Å²) in [7, 11) is 0. The van der Waals surface area contributed by atoms with E-state index in [-0.39, 0.29) is 25.8 Å². The van der Waals surface area contributed by atoms with Crippen LogP contribution in [0.1, 0.15) is 30.5 Å². The molecule has 3 atom stereocenters. The Balaban J connectivity index is 2.15. The summed E-state index contributed by atoms with van der Waals surface area (Å²) in [5.41, 5.74) is 12.3. The third-order valence-corrected chi connectivity index (χ3v) is 5.29. The van der Waals surface area contributed by atoms with Crippen molar-refractivity contribution in [1.82, 2.24) is 25.9 Å². The Kier molecular flexibility index (Phi) is 11.4. The van der Waals surface area contributed by atoms with Gasteiger partial charge in [-0.3, -0.25) is 14.4 Å². The number of carbonyl (C=O) groups excluding carboxylic acids is 3. The number of carboxylic acid groups (broad SMARTS) is 1. The molecule has 0 fully saturated rings. The Labute approximate surface area is 203 Å². The van der Waals surface area contributed by atoms with Gasteiger partial charge in [0.2, 0.25) is 17.7 Å². The number of unbranched alkanes of at least 4 members (excludes halogenated alkanes) is 1. The number of benzene rings is 1. The first-order chi connectivity index (χ1) is 16.8. The van der Waals surface area contributed by atoms with E-state index in [1.54, 1.807) is 0 Å². The molecule has 3 unspecified atom stereocenters. The number of nitrogens with one attached hydrogen (secondary N) is 4. The molecule has 0 spiro atoms. The number of aromatic nitrogens is 2. The molecule has 1 heterocycles. The molecule has 1 aromatic carbocycles. The highest BCUT2D eigenvalue weighted by Gasteiger charge is 2.29. The molecular formula is C23H33N7O5. The summed E-state index contributed by atoms with van der Waals surface area (Å²) in [6, 6.07) is 5.85. The number of aliphatic carboxylic acids is 1. The summed E-state index contributed by atoms with van der Waals surface area (Å²) in [5.74, 6) is -2.97. The number of carbonyl (C=O) groups is 4. The van der Waals surface area contributed by atoms with Crippen LogP contribution in [-0.4, -0.2) is 70.0 Å². The minimum Gasteiger partial charge on any atom is -0.480 e. The van der Waals surface area contributed by atoms with Crippen LogP contribution in [-0.2, 0) is 32.0 Å². The fraction of sp³-hybridized carbons (Fsp3) is 0.435.